The average Bonchev–Trinajstić information content (AvgIpc) is 3.02. The number of benzene rings is 2. The smallest absolute Gasteiger partial charge is 0.458 e. The third-order valence-electron chi connectivity index (χ3n) is 6.67. The van der Waals surface area contributed by atoms with Crippen LogP contribution in [0.1, 0.15) is 11.1 Å². The minimum atomic E-state index is -5.77. The molecule has 272 valence electrons. The molecule has 1 aromatic heterocycles. The molecule has 6 bridgehead atoms. The van der Waals surface area contributed by atoms with Crippen molar-refractivity contribution in [2.24, 2.45) is 0 Å². The quantitative estimate of drug-likeness (QED) is 0.180. The summed E-state index contributed by atoms with van der Waals surface area (Å²) < 4.78 is 104. The molecule has 1 fully saturated rings. The van der Waals surface area contributed by atoms with E-state index in [1.165, 1.54) is 11.1 Å². The molecular formula is C30H28ClF9N6O4. The van der Waals surface area contributed by atoms with Crippen molar-refractivity contribution in [1.29, 1.82) is 0 Å². The number of aldehydes is 1. The number of fused-ring (bicyclic) bond motifs is 6. The summed E-state index contributed by atoms with van der Waals surface area (Å²) in [6, 6.07) is 14.4. The normalized spacial score (nSPS) is 15.3. The predicted molar refractivity (Wildman–Crippen MR) is 163 cm³/mol. The molecule has 2 aromatic carbocycles. The number of nitrogens with one attached hydrogen (secondary N) is 2. The second-order valence-corrected chi connectivity index (χ2v) is 11.1. The Bertz CT molecular complexity index is 1620. The molecule has 0 unspecified atom stereocenters. The van der Waals surface area contributed by atoms with Gasteiger partial charge in [-0.15, -0.1) is 0 Å². The molecule has 0 spiro atoms. The first-order valence-electron chi connectivity index (χ1n) is 14.3. The van der Waals surface area contributed by atoms with E-state index in [4.69, 9.17) is 21.1 Å². The van der Waals surface area contributed by atoms with Crippen LogP contribution in [0.2, 0.25) is 5.02 Å². The molecule has 3 aromatic rings. The fraction of sp³-hybridized carbons (Fsp3) is 0.367. The Morgan fingerprint density at radius 2 is 1.52 bits per heavy atom. The number of likely N-dealkylation sites (N-methyl/N-ethyl adjacent to an activating group) is 1. The maximum atomic E-state index is 11.2. The first-order valence-corrected chi connectivity index (χ1v) is 14.7. The minimum Gasteiger partial charge on any atom is -0.493 e. The number of hydrogen-bond acceptors (Lipinski definition) is 10. The van der Waals surface area contributed by atoms with Gasteiger partial charge in [-0.05, 0) is 42.4 Å². The van der Waals surface area contributed by atoms with Gasteiger partial charge in [-0.25, -0.2) is 4.98 Å². The summed E-state index contributed by atoms with van der Waals surface area (Å²) in [6.45, 7) is 5.89. The highest BCUT2D eigenvalue weighted by atomic mass is 35.5. The first kappa shape index (κ1) is 39.9. The number of carbonyl (C=O) groups excluding carboxylic acids is 3. The van der Waals surface area contributed by atoms with Crippen molar-refractivity contribution in [1.82, 2.24) is 19.8 Å². The largest absolute Gasteiger partial charge is 0.493 e. The third kappa shape index (κ3) is 13.1. The van der Waals surface area contributed by atoms with Gasteiger partial charge in [0.2, 0.25) is 12.2 Å². The second-order valence-electron chi connectivity index (χ2n) is 10.7. The maximum Gasteiger partial charge on any atom is 0.458 e. The second kappa shape index (κ2) is 16.9. The summed E-state index contributed by atoms with van der Waals surface area (Å²) in [6.07, 6.45) is -14.8. The number of ketones is 2. The number of ether oxygens (including phenoxy) is 1. The van der Waals surface area contributed by atoms with Crippen LogP contribution in [0.15, 0.2) is 48.7 Å². The molecule has 50 heavy (non-hydrogen) atoms. The number of anilines is 4. The average molecular weight is 743 g/mol. The van der Waals surface area contributed by atoms with E-state index in [2.05, 4.69) is 55.6 Å². The Balaban J connectivity index is 0.000000312. The van der Waals surface area contributed by atoms with Gasteiger partial charge < -0.3 is 20.3 Å². The van der Waals surface area contributed by atoms with Crippen LogP contribution < -0.4 is 15.4 Å². The van der Waals surface area contributed by atoms with Crippen molar-refractivity contribution in [3.63, 3.8) is 0 Å². The summed E-state index contributed by atoms with van der Waals surface area (Å²) in [7, 11) is 2.18. The molecule has 2 aliphatic rings. The van der Waals surface area contributed by atoms with Crippen LogP contribution in [0, 0.1) is 0 Å². The van der Waals surface area contributed by atoms with E-state index < -0.39 is 36.4 Å². The van der Waals surface area contributed by atoms with E-state index in [1.807, 2.05) is 24.3 Å². The van der Waals surface area contributed by atoms with Gasteiger partial charge in [0.1, 0.15) is 10.8 Å². The van der Waals surface area contributed by atoms with Gasteiger partial charge >= 0.3 is 30.1 Å². The lowest BCUT2D eigenvalue weighted by molar-refractivity contribution is -0.193. The number of carbonyl (C=O) groups is 3. The van der Waals surface area contributed by atoms with E-state index in [9.17, 15) is 49.1 Å². The van der Waals surface area contributed by atoms with Crippen LogP contribution >= 0.6 is 11.6 Å². The van der Waals surface area contributed by atoms with Gasteiger partial charge in [0.05, 0.1) is 12.8 Å². The van der Waals surface area contributed by atoms with Crippen molar-refractivity contribution in [3.05, 3.63) is 64.8 Å². The topological polar surface area (TPSA) is 117 Å². The maximum absolute atomic E-state index is 11.2. The molecule has 20 heteroatoms. The summed E-state index contributed by atoms with van der Waals surface area (Å²) in [4.78, 5) is 41.8. The van der Waals surface area contributed by atoms with Crippen LogP contribution in [0.3, 0.4) is 0 Å². The number of alkyl halides is 9. The molecule has 0 saturated carbocycles. The number of hydrogen-bond donors (Lipinski definition) is 2. The van der Waals surface area contributed by atoms with Crippen molar-refractivity contribution in [2.45, 2.75) is 31.5 Å². The molecule has 2 N–H and O–H groups in total. The molecular weight excluding hydrogens is 715 g/mol. The molecule has 0 radical (unpaired) electrons. The van der Waals surface area contributed by atoms with Gasteiger partial charge in [-0.1, -0.05) is 23.7 Å². The fourth-order valence-corrected chi connectivity index (χ4v) is 4.46. The van der Waals surface area contributed by atoms with E-state index in [-0.39, 0.29) is 0 Å². The Labute approximate surface area is 283 Å². The van der Waals surface area contributed by atoms with Crippen LogP contribution in [-0.4, -0.2) is 96.0 Å². The van der Waals surface area contributed by atoms with E-state index in [0.717, 1.165) is 56.3 Å². The SMILES string of the molecule is CN1CCN(Cc2cc3cc(c2)Nc2ncc(Cl)c(n2)Nc2cccc(c2)OCC3)CC1.O=C(C(=O)C(F)(F)F)C(F)(F)F.O=CC(F)(F)F. The van der Waals surface area contributed by atoms with Crippen LogP contribution in [0.5, 0.6) is 5.75 Å². The standard InChI is InChI=1S/C24H27ClN6O.C4F6O2.C2HF3O/c1-30-6-8-31(9-7-30)16-18-11-17-5-10-32-21-4-2-3-19(14-21)27-23-22(25)15-26-24(29-23)28-20(12-17)13-18;5-3(6,7)1(11)2(12)4(8,9)10;3-2(4,5)1-6/h2-4,11-15H,5-10,16H2,1H3,(H2,26,27,28,29);;1H. The zero-order chi connectivity index (χ0) is 37.3. The molecule has 5 rings (SSSR count). The summed E-state index contributed by atoms with van der Waals surface area (Å²) in [5.74, 6) is -4.95. The number of halogens is 10. The van der Waals surface area contributed by atoms with E-state index in [0.29, 0.717) is 23.4 Å². The lowest BCUT2D eigenvalue weighted by Crippen LogP contribution is -2.43. The van der Waals surface area contributed by atoms with Gasteiger partial charge in [0, 0.05) is 56.6 Å². The third-order valence-corrected chi connectivity index (χ3v) is 6.94. The lowest BCUT2D eigenvalue weighted by atomic mass is 10.1. The predicted octanol–water partition coefficient (Wildman–Crippen LogP) is 6.30. The molecule has 3 heterocycles. The highest BCUT2D eigenvalue weighted by molar-refractivity contribution is 6.41. The Hall–Kier alpha value is -4.49. The number of piperazine rings is 1. The van der Waals surface area contributed by atoms with Crippen LogP contribution in [-0.2, 0) is 27.3 Å². The van der Waals surface area contributed by atoms with Crippen molar-refractivity contribution < 1.29 is 58.6 Å². The number of aromatic nitrogens is 2. The first-order chi connectivity index (χ1) is 23.2. The fourth-order valence-electron chi connectivity index (χ4n) is 4.32. The molecule has 0 amide bonds. The Morgan fingerprint density at radius 3 is 2.10 bits per heavy atom. The lowest BCUT2D eigenvalue weighted by Gasteiger charge is -2.32. The molecule has 2 aliphatic heterocycles. The summed E-state index contributed by atoms with van der Waals surface area (Å²) in [5, 5.41) is 7.09. The van der Waals surface area contributed by atoms with Gasteiger partial charge in [-0.2, -0.15) is 44.5 Å². The minimum absolute atomic E-state index is 0.457. The zero-order valence-corrected chi connectivity index (χ0v) is 26.6. The Morgan fingerprint density at radius 1 is 0.900 bits per heavy atom. The molecule has 0 atom stereocenters. The molecule has 10 nitrogen and oxygen atoms in total. The monoisotopic (exact) mass is 742 g/mol. The van der Waals surface area contributed by atoms with E-state index in [1.54, 1.807) is 6.20 Å². The van der Waals surface area contributed by atoms with Gasteiger partial charge in [0.15, 0.2) is 5.82 Å². The zero-order valence-electron chi connectivity index (χ0n) is 25.8. The van der Waals surface area contributed by atoms with Crippen molar-refractivity contribution in [2.75, 3.05) is 50.5 Å². The van der Waals surface area contributed by atoms with Crippen molar-refractivity contribution >= 4 is 52.6 Å². The Kier molecular flexibility index (Phi) is 13.5. The van der Waals surface area contributed by atoms with Crippen LogP contribution in [0.4, 0.5) is 62.7 Å². The number of Topliss-reactive ketones (excluding diaryl/α,β-unsaturated/α-hetero) is 2. The van der Waals surface area contributed by atoms with E-state index >= 15 is 0 Å². The highest BCUT2D eigenvalue weighted by Gasteiger charge is 2.54. The summed E-state index contributed by atoms with van der Waals surface area (Å²) in [5.41, 5.74) is 4.32. The highest BCUT2D eigenvalue weighted by Crippen LogP contribution is 2.29. The van der Waals surface area contributed by atoms with Gasteiger partial charge in [-0.3, -0.25) is 19.3 Å². The summed E-state index contributed by atoms with van der Waals surface area (Å²) >= 11 is 6.35. The number of nitrogens with zero attached hydrogens (tertiary/aromatic N) is 4. The van der Waals surface area contributed by atoms with Gasteiger partial charge in [0.25, 0.3) is 0 Å². The molecule has 0 aliphatic carbocycles. The number of rotatable bonds is 3. The molecule has 1 saturated heterocycles. The van der Waals surface area contributed by atoms with Crippen LogP contribution in [0.25, 0.3) is 0 Å². The van der Waals surface area contributed by atoms with Crippen molar-refractivity contribution in [3.8, 4) is 5.75 Å².